The smallest absolute Gasteiger partial charge is 0.356 e. The number of nitrogens with two attached hydrogens (primary N) is 1. The van der Waals surface area contributed by atoms with E-state index in [1.165, 1.54) is 7.11 Å². The average Bonchev–Trinajstić information content (AvgIpc) is 2.46. The van der Waals surface area contributed by atoms with Crippen molar-refractivity contribution in [2.24, 2.45) is 0 Å². The highest BCUT2D eigenvalue weighted by molar-refractivity contribution is 5.51. The maximum absolute atomic E-state index is 14.0. The van der Waals surface area contributed by atoms with Gasteiger partial charge in [0, 0.05) is 6.07 Å². The topological polar surface area (TPSA) is 103 Å². The number of rotatable bonds is 2. The number of ether oxygens (including phenoxy) is 1. The molecular weight excluding hydrogens is 286 g/mol. The molecule has 2 N–H and O–H groups in total. The average molecular weight is 294 g/mol. The maximum Gasteiger partial charge on any atom is 0.356 e. The third-order valence-electron chi connectivity index (χ3n) is 2.72. The van der Waals surface area contributed by atoms with Crippen LogP contribution in [0.25, 0.3) is 5.69 Å². The van der Waals surface area contributed by atoms with Gasteiger partial charge in [0.25, 0.3) is 5.56 Å². The summed E-state index contributed by atoms with van der Waals surface area (Å²) in [4.78, 5) is 23.5. The number of nitrogens with zero attached hydrogens (tertiary/aromatic N) is 3. The van der Waals surface area contributed by atoms with Gasteiger partial charge in [-0.05, 0) is 6.07 Å². The maximum atomic E-state index is 14.0. The summed E-state index contributed by atoms with van der Waals surface area (Å²) in [5.41, 5.74) is -3.00. The van der Waals surface area contributed by atoms with Crippen LogP contribution in [0.2, 0.25) is 0 Å². The first-order valence-corrected chi connectivity index (χ1v) is 5.48. The minimum atomic E-state index is -1.27. The van der Waals surface area contributed by atoms with Crippen LogP contribution < -0.4 is 21.8 Å². The summed E-state index contributed by atoms with van der Waals surface area (Å²) < 4.78 is 32.4. The van der Waals surface area contributed by atoms with Crippen molar-refractivity contribution in [2.45, 2.75) is 0 Å². The van der Waals surface area contributed by atoms with Gasteiger partial charge in [-0.25, -0.2) is 13.8 Å². The van der Waals surface area contributed by atoms with E-state index in [2.05, 4.69) is 0 Å². The fraction of sp³-hybridized carbons (Fsp3) is 0.0833. The fourth-order valence-corrected chi connectivity index (χ4v) is 1.72. The zero-order valence-electron chi connectivity index (χ0n) is 10.6. The summed E-state index contributed by atoms with van der Waals surface area (Å²) in [7, 11) is 1.23. The van der Waals surface area contributed by atoms with E-state index in [0.29, 0.717) is 10.6 Å². The molecule has 0 radical (unpaired) electrons. The third kappa shape index (κ3) is 2.23. The van der Waals surface area contributed by atoms with Gasteiger partial charge >= 0.3 is 5.69 Å². The number of methoxy groups -OCH3 is 1. The molecule has 0 saturated carbocycles. The second-order valence-corrected chi connectivity index (χ2v) is 3.91. The molecule has 0 bridgehead atoms. The second-order valence-electron chi connectivity index (χ2n) is 3.91. The van der Waals surface area contributed by atoms with Gasteiger partial charge in [0.15, 0.2) is 0 Å². The van der Waals surface area contributed by atoms with E-state index in [-0.39, 0.29) is 16.0 Å². The zero-order valence-corrected chi connectivity index (χ0v) is 10.6. The lowest BCUT2D eigenvalue weighted by atomic mass is 10.2. The Bertz CT molecular complexity index is 880. The number of aromatic nitrogens is 2. The van der Waals surface area contributed by atoms with E-state index in [4.69, 9.17) is 15.8 Å². The van der Waals surface area contributed by atoms with Crippen LogP contribution in [-0.4, -0.2) is 16.4 Å². The van der Waals surface area contributed by atoms with Crippen molar-refractivity contribution in [3.63, 3.8) is 0 Å². The van der Waals surface area contributed by atoms with Gasteiger partial charge in [0.1, 0.15) is 17.6 Å². The van der Waals surface area contributed by atoms with Crippen LogP contribution in [0.4, 0.5) is 8.78 Å². The minimum Gasteiger partial charge on any atom is -0.495 e. The molecule has 0 atom stereocenters. The first-order valence-electron chi connectivity index (χ1n) is 5.48. The molecule has 9 heteroatoms. The SMILES string of the molecule is COc1cc(-n2c(=O)cc(F)n(N)c2=O)c(F)cc1C#N. The molecular formula is C12H8F2N4O3. The minimum absolute atomic E-state index is 0.0481. The van der Waals surface area contributed by atoms with Crippen LogP contribution in [0.3, 0.4) is 0 Å². The van der Waals surface area contributed by atoms with Gasteiger partial charge < -0.3 is 10.6 Å². The van der Waals surface area contributed by atoms with Gasteiger partial charge in [-0.2, -0.15) is 14.3 Å². The standard InChI is InChI=1S/C12H8F2N4O3/c1-21-9-3-8(7(13)2-6(9)5-15)17-11(19)4-10(14)18(16)12(17)20/h2-4H,16H2,1H3. The van der Waals surface area contributed by atoms with E-state index in [0.717, 1.165) is 12.1 Å². The second kappa shape index (κ2) is 5.09. The number of hydrogen-bond donors (Lipinski definition) is 1. The third-order valence-corrected chi connectivity index (χ3v) is 2.72. The van der Waals surface area contributed by atoms with Gasteiger partial charge in [0.05, 0.1) is 24.4 Å². The van der Waals surface area contributed by atoms with Crippen molar-refractivity contribution in [1.29, 1.82) is 5.26 Å². The van der Waals surface area contributed by atoms with Crippen molar-refractivity contribution >= 4 is 0 Å². The lowest BCUT2D eigenvalue weighted by molar-refractivity contribution is 0.411. The predicted octanol–water partition coefficient (Wildman–Crippen LogP) is -0.129. The van der Waals surface area contributed by atoms with E-state index >= 15 is 0 Å². The molecule has 0 aliphatic heterocycles. The molecule has 0 spiro atoms. The largest absolute Gasteiger partial charge is 0.495 e. The quantitative estimate of drug-likeness (QED) is 0.614. The Kier molecular flexibility index (Phi) is 3.45. The molecule has 1 aromatic carbocycles. The number of nitrogen functional groups attached to an aromatic ring is 1. The van der Waals surface area contributed by atoms with Crippen LogP contribution in [0.1, 0.15) is 5.56 Å². The summed E-state index contributed by atoms with van der Waals surface area (Å²) in [5.74, 6) is 2.79. The summed E-state index contributed by atoms with van der Waals surface area (Å²) in [5, 5.41) is 8.82. The van der Waals surface area contributed by atoms with E-state index < -0.39 is 28.7 Å². The highest BCUT2D eigenvalue weighted by Gasteiger charge is 2.17. The van der Waals surface area contributed by atoms with Crippen molar-refractivity contribution < 1.29 is 13.5 Å². The van der Waals surface area contributed by atoms with E-state index in [9.17, 15) is 18.4 Å². The number of halogens is 2. The molecule has 1 aromatic heterocycles. The molecule has 0 aliphatic carbocycles. The highest BCUT2D eigenvalue weighted by Crippen LogP contribution is 2.23. The molecule has 7 nitrogen and oxygen atoms in total. The molecule has 2 aromatic rings. The Labute approximate surface area is 116 Å². The number of benzene rings is 1. The predicted molar refractivity (Wildman–Crippen MR) is 67.6 cm³/mol. The van der Waals surface area contributed by atoms with Crippen LogP contribution in [0, 0.1) is 23.1 Å². The summed E-state index contributed by atoms with van der Waals surface area (Å²) in [6.45, 7) is 0. The first kappa shape index (κ1) is 14.3. The number of nitriles is 1. The molecule has 21 heavy (non-hydrogen) atoms. The lowest BCUT2D eigenvalue weighted by Crippen LogP contribution is -2.43. The number of hydrogen-bond acceptors (Lipinski definition) is 5. The van der Waals surface area contributed by atoms with Crippen LogP contribution in [0.5, 0.6) is 5.75 Å². The van der Waals surface area contributed by atoms with Gasteiger partial charge in [-0.1, -0.05) is 0 Å². The Morgan fingerprint density at radius 1 is 1.29 bits per heavy atom. The highest BCUT2D eigenvalue weighted by atomic mass is 19.1. The van der Waals surface area contributed by atoms with Gasteiger partial charge in [-0.15, -0.1) is 0 Å². The van der Waals surface area contributed by atoms with Crippen molar-refractivity contribution in [1.82, 2.24) is 9.24 Å². The van der Waals surface area contributed by atoms with Crippen molar-refractivity contribution in [3.05, 3.63) is 56.4 Å². The van der Waals surface area contributed by atoms with Crippen LogP contribution >= 0.6 is 0 Å². The van der Waals surface area contributed by atoms with Crippen LogP contribution in [-0.2, 0) is 0 Å². The molecule has 2 rings (SSSR count). The Balaban J connectivity index is 2.87. The van der Waals surface area contributed by atoms with E-state index in [1.807, 2.05) is 0 Å². The fourth-order valence-electron chi connectivity index (χ4n) is 1.72. The molecule has 108 valence electrons. The van der Waals surface area contributed by atoms with Gasteiger partial charge in [0.2, 0.25) is 5.95 Å². The first-order chi connectivity index (χ1) is 9.90. The monoisotopic (exact) mass is 294 g/mol. The summed E-state index contributed by atoms with van der Waals surface area (Å²) >= 11 is 0. The molecule has 0 saturated heterocycles. The van der Waals surface area contributed by atoms with Gasteiger partial charge in [-0.3, -0.25) is 4.79 Å². The molecule has 0 amide bonds. The van der Waals surface area contributed by atoms with E-state index in [1.54, 1.807) is 6.07 Å². The molecule has 0 unspecified atom stereocenters. The Morgan fingerprint density at radius 3 is 2.52 bits per heavy atom. The summed E-state index contributed by atoms with van der Waals surface area (Å²) in [6.07, 6.45) is 0. The molecule has 0 aliphatic rings. The van der Waals surface area contributed by atoms with Crippen molar-refractivity contribution in [3.8, 4) is 17.5 Å². The molecule has 1 heterocycles. The normalized spacial score (nSPS) is 10.2. The Morgan fingerprint density at radius 2 is 1.95 bits per heavy atom. The zero-order chi connectivity index (χ0) is 15.7. The van der Waals surface area contributed by atoms with Crippen LogP contribution in [0.15, 0.2) is 27.8 Å². The Hall–Kier alpha value is -3.15. The lowest BCUT2D eigenvalue weighted by Gasteiger charge is -2.10. The summed E-state index contributed by atoms with van der Waals surface area (Å²) in [6, 6.07) is 3.91. The molecule has 0 fully saturated rings. The van der Waals surface area contributed by atoms with Crippen molar-refractivity contribution in [2.75, 3.05) is 13.0 Å².